The molecule has 6 nitrogen and oxygen atoms in total. The van der Waals surface area contributed by atoms with Crippen LogP contribution in [0.5, 0.6) is 0 Å². The van der Waals surface area contributed by atoms with E-state index >= 15 is 0 Å². The van der Waals surface area contributed by atoms with Crippen LogP contribution in [0.4, 0.5) is 4.79 Å². The molecule has 2 aliphatic carbocycles. The van der Waals surface area contributed by atoms with Gasteiger partial charge in [0.25, 0.3) is 0 Å². The van der Waals surface area contributed by atoms with Crippen molar-refractivity contribution in [1.82, 2.24) is 0 Å². The van der Waals surface area contributed by atoms with E-state index in [1.165, 1.54) is 6.92 Å². The van der Waals surface area contributed by atoms with E-state index in [0.29, 0.717) is 12.8 Å². The van der Waals surface area contributed by atoms with Crippen LogP contribution in [0.25, 0.3) is 0 Å². The summed E-state index contributed by atoms with van der Waals surface area (Å²) in [7, 11) is 0. The molecule has 2 saturated carbocycles. The maximum absolute atomic E-state index is 10.8. The lowest BCUT2D eigenvalue weighted by atomic mass is 10.3. The molecule has 0 aromatic rings. The second-order valence-electron chi connectivity index (χ2n) is 5.16. The van der Waals surface area contributed by atoms with Crippen molar-refractivity contribution < 1.29 is 23.8 Å². The molecule has 0 aliphatic heterocycles. The van der Waals surface area contributed by atoms with Gasteiger partial charge in [-0.2, -0.15) is 0 Å². The summed E-state index contributed by atoms with van der Waals surface area (Å²) in [5.74, 6) is -0.312. The number of primary amides is 1. The third-order valence-corrected chi connectivity index (χ3v) is 3.26. The van der Waals surface area contributed by atoms with Crippen LogP contribution in [0.2, 0.25) is 0 Å². The van der Waals surface area contributed by atoms with E-state index in [4.69, 9.17) is 19.9 Å². The van der Waals surface area contributed by atoms with Gasteiger partial charge < -0.3 is 19.9 Å². The van der Waals surface area contributed by atoms with Gasteiger partial charge in [-0.15, -0.1) is 0 Å². The molecule has 6 heteroatoms. The van der Waals surface area contributed by atoms with Crippen LogP contribution in [0.15, 0.2) is 0 Å². The number of carbonyl (C=O) groups excluding carboxylic acids is 2. The number of ether oxygens (including phenoxy) is 3. The summed E-state index contributed by atoms with van der Waals surface area (Å²) in [6.07, 6.45) is 0.00548. The van der Waals surface area contributed by atoms with E-state index in [1.807, 2.05) is 13.8 Å². The van der Waals surface area contributed by atoms with Gasteiger partial charge in [0.1, 0.15) is 23.4 Å². The van der Waals surface area contributed by atoms with Gasteiger partial charge in [-0.05, 0) is 13.8 Å². The Hall–Kier alpha value is -1.30. The minimum Gasteiger partial charge on any atom is -0.459 e. The molecule has 0 radical (unpaired) electrons. The topological polar surface area (TPSA) is 87.8 Å². The Morgan fingerprint density at radius 2 is 1.59 bits per heavy atom. The highest BCUT2D eigenvalue weighted by atomic mass is 16.6. The molecule has 0 heterocycles. The number of hydrogen-bond donors (Lipinski definition) is 1. The zero-order valence-corrected chi connectivity index (χ0v) is 10.2. The highest BCUT2D eigenvalue weighted by Crippen LogP contribution is 2.52. The Bertz CT molecular complexity index is 337. The monoisotopic (exact) mass is 243 g/mol. The van der Waals surface area contributed by atoms with Crippen molar-refractivity contribution in [2.45, 2.75) is 57.0 Å². The average molecular weight is 243 g/mol. The lowest BCUT2D eigenvalue weighted by molar-refractivity contribution is -0.147. The van der Waals surface area contributed by atoms with Crippen LogP contribution < -0.4 is 5.73 Å². The predicted octanol–water partition coefficient (Wildman–Crippen LogP) is 0.723. The van der Waals surface area contributed by atoms with Gasteiger partial charge in [-0.1, -0.05) is 0 Å². The normalized spacial score (nSPS) is 42.8. The molecule has 2 fully saturated rings. The molecule has 4 atom stereocenters. The summed E-state index contributed by atoms with van der Waals surface area (Å²) < 4.78 is 15.8. The van der Waals surface area contributed by atoms with Crippen molar-refractivity contribution >= 4 is 12.1 Å². The first kappa shape index (κ1) is 12.2. The lowest BCUT2D eigenvalue weighted by Gasteiger charge is -2.19. The Labute approximate surface area is 99.4 Å². The van der Waals surface area contributed by atoms with Gasteiger partial charge in [0.2, 0.25) is 0 Å². The third kappa shape index (κ3) is 2.52. The number of amides is 1. The summed E-state index contributed by atoms with van der Waals surface area (Å²) >= 11 is 0. The molecule has 0 bridgehead atoms. The molecule has 2 unspecified atom stereocenters. The average Bonchev–Trinajstić information content (AvgIpc) is 2.90. The predicted molar refractivity (Wildman–Crippen MR) is 57.1 cm³/mol. The van der Waals surface area contributed by atoms with Gasteiger partial charge in [0.05, 0.1) is 0 Å². The van der Waals surface area contributed by atoms with Gasteiger partial charge in [0, 0.05) is 19.8 Å². The van der Waals surface area contributed by atoms with Crippen molar-refractivity contribution in [2.75, 3.05) is 0 Å². The molecule has 2 rings (SSSR count). The summed E-state index contributed by atoms with van der Waals surface area (Å²) in [5, 5.41) is 0. The molecule has 2 N–H and O–H groups in total. The quantitative estimate of drug-likeness (QED) is 0.735. The summed E-state index contributed by atoms with van der Waals surface area (Å²) in [4.78, 5) is 21.4. The Morgan fingerprint density at radius 3 is 2.00 bits per heavy atom. The number of esters is 1. The highest BCUT2D eigenvalue weighted by Gasteiger charge is 2.65. The van der Waals surface area contributed by atoms with Crippen molar-refractivity contribution in [2.24, 2.45) is 5.73 Å². The van der Waals surface area contributed by atoms with Crippen LogP contribution >= 0.6 is 0 Å². The van der Waals surface area contributed by atoms with E-state index in [-0.39, 0.29) is 18.2 Å². The molecule has 0 aromatic heterocycles. The molecule has 0 aromatic carbocycles. The molecular formula is C11H17NO5. The smallest absolute Gasteiger partial charge is 0.404 e. The molecule has 96 valence electrons. The first-order valence-corrected chi connectivity index (χ1v) is 5.59. The standard InChI is InChI=1S/C11H17NO5/c1-6(13)15-7-4-10(7,2)17-11(3)5-8(11)16-9(12)14/h7-8H,4-5H2,1-3H3,(H2,12,14)/t7?,8?,10-,11+/m1/s1. The number of nitrogens with two attached hydrogens (primary N) is 1. The fraction of sp³-hybridized carbons (Fsp3) is 0.818. The van der Waals surface area contributed by atoms with E-state index in [9.17, 15) is 9.59 Å². The van der Waals surface area contributed by atoms with Gasteiger partial charge in [-0.25, -0.2) is 4.79 Å². The third-order valence-electron chi connectivity index (χ3n) is 3.26. The Balaban J connectivity index is 1.83. The van der Waals surface area contributed by atoms with Gasteiger partial charge >= 0.3 is 12.1 Å². The van der Waals surface area contributed by atoms with E-state index in [2.05, 4.69) is 0 Å². The minimum absolute atomic E-state index is 0.202. The number of rotatable bonds is 4. The largest absolute Gasteiger partial charge is 0.459 e. The fourth-order valence-corrected chi connectivity index (χ4v) is 2.04. The zero-order chi connectivity index (χ0) is 12.8. The molecule has 17 heavy (non-hydrogen) atoms. The molecule has 1 amide bonds. The molecule has 2 aliphatic rings. The molecule has 0 saturated heterocycles. The first-order chi connectivity index (χ1) is 7.75. The van der Waals surface area contributed by atoms with Crippen molar-refractivity contribution in [3.05, 3.63) is 0 Å². The highest BCUT2D eigenvalue weighted by molar-refractivity contribution is 5.66. The van der Waals surface area contributed by atoms with Crippen LogP contribution in [-0.2, 0) is 19.0 Å². The Morgan fingerprint density at radius 1 is 1.12 bits per heavy atom. The van der Waals surface area contributed by atoms with Crippen molar-refractivity contribution in [3.63, 3.8) is 0 Å². The SMILES string of the molecule is CC(=O)OC1C[C@@]1(C)O[C@@]1(C)CC1OC(N)=O. The molecular weight excluding hydrogens is 226 g/mol. The minimum atomic E-state index is -0.792. The van der Waals surface area contributed by atoms with E-state index < -0.39 is 17.3 Å². The Kier molecular flexibility index (Phi) is 2.57. The van der Waals surface area contributed by atoms with Crippen molar-refractivity contribution in [1.29, 1.82) is 0 Å². The van der Waals surface area contributed by atoms with Gasteiger partial charge in [0.15, 0.2) is 0 Å². The maximum atomic E-state index is 10.8. The van der Waals surface area contributed by atoms with E-state index in [0.717, 1.165) is 0 Å². The second kappa shape index (κ2) is 3.60. The molecule has 0 spiro atoms. The number of carbonyl (C=O) groups is 2. The number of hydrogen-bond acceptors (Lipinski definition) is 5. The fourth-order valence-electron chi connectivity index (χ4n) is 2.04. The lowest BCUT2D eigenvalue weighted by Crippen LogP contribution is -2.29. The van der Waals surface area contributed by atoms with Crippen molar-refractivity contribution in [3.8, 4) is 0 Å². The first-order valence-electron chi connectivity index (χ1n) is 5.59. The van der Waals surface area contributed by atoms with Gasteiger partial charge in [-0.3, -0.25) is 4.79 Å². The second-order valence-corrected chi connectivity index (χ2v) is 5.16. The van der Waals surface area contributed by atoms with Crippen LogP contribution in [0.3, 0.4) is 0 Å². The van der Waals surface area contributed by atoms with Crippen LogP contribution in [-0.4, -0.2) is 35.5 Å². The van der Waals surface area contributed by atoms with E-state index in [1.54, 1.807) is 0 Å². The maximum Gasteiger partial charge on any atom is 0.404 e. The summed E-state index contributed by atoms with van der Waals surface area (Å²) in [6, 6.07) is 0. The zero-order valence-electron chi connectivity index (χ0n) is 10.2. The van der Waals surface area contributed by atoms with Crippen LogP contribution in [0.1, 0.15) is 33.6 Å². The van der Waals surface area contributed by atoms with Crippen LogP contribution in [0, 0.1) is 0 Å². The summed E-state index contributed by atoms with van der Waals surface area (Å²) in [6.45, 7) is 5.11. The summed E-state index contributed by atoms with van der Waals surface area (Å²) in [5.41, 5.74) is 3.98.